The Hall–Kier alpha value is -0.120. The second kappa shape index (κ2) is 7.46. The van der Waals surface area contributed by atoms with Crippen molar-refractivity contribution in [2.75, 3.05) is 39.3 Å². The van der Waals surface area contributed by atoms with Crippen molar-refractivity contribution in [2.45, 2.75) is 58.0 Å². The van der Waals surface area contributed by atoms with Crippen LogP contribution in [0.2, 0.25) is 0 Å². The molecule has 0 amide bonds. The third-order valence-electron chi connectivity index (χ3n) is 4.17. The molecule has 0 aromatic heterocycles. The fourth-order valence-electron chi connectivity index (χ4n) is 2.82. The van der Waals surface area contributed by atoms with E-state index in [9.17, 15) is 0 Å². The van der Waals surface area contributed by atoms with Crippen molar-refractivity contribution in [1.29, 1.82) is 0 Å². The quantitative estimate of drug-likeness (QED) is 0.667. The van der Waals surface area contributed by atoms with Crippen molar-refractivity contribution < 1.29 is 0 Å². The van der Waals surface area contributed by atoms with Gasteiger partial charge in [0, 0.05) is 38.3 Å². The van der Waals surface area contributed by atoms with Crippen LogP contribution in [0.5, 0.6) is 0 Å². The van der Waals surface area contributed by atoms with Crippen molar-refractivity contribution in [1.82, 2.24) is 15.1 Å². The highest BCUT2D eigenvalue weighted by atomic mass is 15.3. The van der Waals surface area contributed by atoms with E-state index in [-0.39, 0.29) is 0 Å². The van der Waals surface area contributed by atoms with Crippen LogP contribution in [0, 0.1) is 0 Å². The molecule has 1 aliphatic carbocycles. The van der Waals surface area contributed by atoms with E-state index in [1.54, 1.807) is 0 Å². The first-order valence-corrected chi connectivity index (χ1v) is 7.95. The fourth-order valence-corrected chi connectivity index (χ4v) is 2.82. The number of piperazine rings is 1. The van der Waals surface area contributed by atoms with Gasteiger partial charge in [0.05, 0.1) is 0 Å². The molecular formula is C15H31N3. The number of nitrogens with zero attached hydrogens (tertiary/aromatic N) is 2. The van der Waals surface area contributed by atoms with Crippen LogP contribution in [0.15, 0.2) is 0 Å². The van der Waals surface area contributed by atoms with E-state index in [4.69, 9.17) is 0 Å². The maximum atomic E-state index is 3.49. The van der Waals surface area contributed by atoms with Crippen LogP contribution in [0.3, 0.4) is 0 Å². The molecule has 1 N–H and O–H groups in total. The maximum absolute atomic E-state index is 3.49. The molecule has 1 saturated carbocycles. The second-order valence-corrected chi connectivity index (χ2v) is 6.28. The molecule has 0 radical (unpaired) electrons. The fraction of sp³-hybridized carbons (Fsp3) is 1.00. The molecule has 2 rings (SSSR count). The zero-order chi connectivity index (χ0) is 12.8. The van der Waals surface area contributed by atoms with Gasteiger partial charge in [0.2, 0.25) is 0 Å². The van der Waals surface area contributed by atoms with Crippen LogP contribution in [-0.2, 0) is 0 Å². The first-order valence-electron chi connectivity index (χ1n) is 7.95. The summed E-state index contributed by atoms with van der Waals surface area (Å²) in [5.41, 5.74) is 0. The molecule has 0 atom stereocenters. The third-order valence-corrected chi connectivity index (χ3v) is 4.17. The topological polar surface area (TPSA) is 18.5 Å². The first kappa shape index (κ1) is 14.3. The molecule has 2 aliphatic rings. The summed E-state index contributed by atoms with van der Waals surface area (Å²) in [5.74, 6) is 0. The molecule has 3 nitrogen and oxygen atoms in total. The summed E-state index contributed by atoms with van der Waals surface area (Å²) in [7, 11) is 0. The first-order chi connectivity index (χ1) is 8.75. The number of nitrogens with one attached hydrogen (secondary N) is 1. The highest BCUT2D eigenvalue weighted by molar-refractivity contribution is 4.87. The smallest absolute Gasteiger partial charge is 0.0113 e. The van der Waals surface area contributed by atoms with E-state index in [0.29, 0.717) is 6.04 Å². The number of hydrogen-bond acceptors (Lipinski definition) is 3. The van der Waals surface area contributed by atoms with Gasteiger partial charge in [-0.3, -0.25) is 4.90 Å². The van der Waals surface area contributed by atoms with E-state index < -0.39 is 0 Å². The monoisotopic (exact) mass is 253 g/mol. The predicted molar refractivity (Wildman–Crippen MR) is 78.0 cm³/mol. The zero-order valence-electron chi connectivity index (χ0n) is 12.3. The van der Waals surface area contributed by atoms with Gasteiger partial charge in [-0.25, -0.2) is 0 Å². The van der Waals surface area contributed by atoms with Crippen LogP contribution < -0.4 is 5.32 Å². The van der Waals surface area contributed by atoms with Gasteiger partial charge in [-0.2, -0.15) is 0 Å². The predicted octanol–water partition coefficient (Wildman–Crippen LogP) is 1.93. The largest absolute Gasteiger partial charge is 0.315 e. The SMILES string of the molecule is CC(C)NCCCCCN1CCN(C2CC2)CC1. The highest BCUT2D eigenvalue weighted by Gasteiger charge is 2.30. The average molecular weight is 253 g/mol. The van der Waals surface area contributed by atoms with Crippen molar-refractivity contribution in [2.24, 2.45) is 0 Å². The molecule has 3 heteroatoms. The molecule has 2 fully saturated rings. The summed E-state index contributed by atoms with van der Waals surface area (Å²) in [5, 5.41) is 3.49. The summed E-state index contributed by atoms with van der Waals surface area (Å²) in [6.45, 7) is 12.2. The minimum absolute atomic E-state index is 0.639. The Kier molecular flexibility index (Phi) is 5.93. The second-order valence-electron chi connectivity index (χ2n) is 6.28. The van der Waals surface area contributed by atoms with E-state index in [1.807, 2.05) is 0 Å². The third kappa shape index (κ3) is 5.25. The molecule has 0 spiro atoms. The van der Waals surface area contributed by atoms with Crippen molar-refractivity contribution in [3.63, 3.8) is 0 Å². The van der Waals surface area contributed by atoms with Crippen LogP contribution in [0.1, 0.15) is 46.0 Å². The Balaban J connectivity index is 1.43. The molecule has 1 aliphatic heterocycles. The molecule has 1 saturated heterocycles. The zero-order valence-corrected chi connectivity index (χ0v) is 12.3. The molecule has 18 heavy (non-hydrogen) atoms. The van der Waals surface area contributed by atoms with E-state index >= 15 is 0 Å². The average Bonchev–Trinajstić information content (AvgIpc) is 3.18. The van der Waals surface area contributed by atoms with Gasteiger partial charge in [0.15, 0.2) is 0 Å². The Morgan fingerprint density at radius 2 is 1.72 bits per heavy atom. The lowest BCUT2D eigenvalue weighted by Gasteiger charge is -2.34. The molecule has 0 bridgehead atoms. The number of hydrogen-bond donors (Lipinski definition) is 1. The standard InChI is InChI=1S/C15H31N3/c1-14(2)16-8-4-3-5-9-17-10-12-18(13-11-17)15-6-7-15/h14-16H,3-13H2,1-2H3. The maximum Gasteiger partial charge on any atom is 0.0113 e. The van der Waals surface area contributed by atoms with E-state index in [0.717, 1.165) is 6.04 Å². The Morgan fingerprint density at radius 3 is 2.33 bits per heavy atom. The lowest BCUT2D eigenvalue weighted by atomic mass is 10.2. The lowest BCUT2D eigenvalue weighted by molar-refractivity contribution is 0.125. The normalized spacial score (nSPS) is 22.8. The van der Waals surface area contributed by atoms with Gasteiger partial charge in [0.1, 0.15) is 0 Å². The van der Waals surface area contributed by atoms with Crippen LogP contribution in [0.25, 0.3) is 0 Å². The number of unbranched alkanes of at least 4 members (excludes halogenated alkanes) is 2. The summed E-state index contributed by atoms with van der Waals surface area (Å²) < 4.78 is 0. The van der Waals surface area contributed by atoms with Gasteiger partial charge in [-0.05, 0) is 38.8 Å². The van der Waals surface area contributed by atoms with E-state index in [2.05, 4.69) is 29.0 Å². The van der Waals surface area contributed by atoms with E-state index in [1.165, 1.54) is 71.4 Å². The minimum atomic E-state index is 0.639. The van der Waals surface area contributed by atoms with Gasteiger partial charge in [0.25, 0.3) is 0 Å². The summed E-state index contributed by atoms with van der Waals surface area (Å²) >= 11 is 0. The van der Waals surface area contributed by atoms with Crippen molar-refractivity contribution in [3.05, 3.63) is 0 Å². The molecular weight excluding hydrogens is 222 g/mol. The van der Waals surface area contributed by atoms with Crippen LogP contribution in [0.4, 0.5) is 0 Å². The molecule has 0 aromatic carbocycles. The van der Waals surface area contributed by atoms with Crippen molar-refractivity contribution in [3.8, 4) is 0 Å². The van der Waals surface area contributed by atoms with Gasteiger partial charge in [-0.15, -0.1) is 0 Å². The lowest BCUT2D eigenvalue weighted by Crippen LogP contribution is -2.47. The summed E-state index contributed by atoms with van der Waals surface area (Å²) in [6.07, 6.45) is 7.01. The van der Waals surface area contributed by atoms with Crippen LogP contribution in [-0.4, -0.2) is 61.2 Å². The molecule has 0 unspecified atom stereocenters. The van der Waals surface area contributed by atoms with Crippen LogP contribution >= 0.6 is 0 Å². The van der Waals surface area contributed by atoms with Gasteiger partial charge in [-0.1, -0.05) is 20.3 Å². The molecule has 106 valence electrons. The molecule has 0 aromatic rings. The Labute approximate surface area is 113 Å². The molecule has 1 heterocycles. The van der Waals surface area contributed by atoms with Gasteiger partial charge < -0.3 is 10.2 Å². The summed E-state index contributed by atoms with van der Waals surface area (Å²) in [4.78, 5) is 5.36. The number of rotatable bonds is 8. The Morgan fingerprint density at radius 1 is 1.00 bits per heavy atom. The van der Waals surface area contributed by atoms with Crippen molar-refractivity contribution >= 4 is 0 Å². The Bertz CT molecular complexity index is 218. The minimum Gasteiger partial charge on any atom is -0.315 e. The van der Waals surface area contributed by atoms with Gasteiger partial charge >= 0.3 is 0 Å². The highest BCUT2D eigenvalue weighted by Crippen LogP contribution is 2.27. The summed E-state index contributed by atoms with van der Waals surface area (Å²) in [6, 6.07) is 1.61.